The summed E-state index contributed by atoms with van der Waals surface area (Å²) in [5, 5.41) is 17.5. The topological polar surface area (TPSA) is 68.2 Å². The Morgan fingerprint density at radius 2 is 1.44 bits per heavy atom. The quantitative estimate of drug-likeness (QED) is 0.500. The first-order valence-corrected chi connectivity index (χ1v) is 5.71. The van der Waals surface area contributed by atoms with Gasteiger partial charge in [-0.3, -0.25) is 10.5 Å². The second kappa shape index (κ2) is 7.97. The number of hydrogen-bond donors (Lipinski definition) is 2. The monoisotopic (exact) mass is 236 g/mol. The van der Waals surface area contributed by atoms with Crippen LogP contribution in [0.25, 0.3) is 0 Å². The van der Waals surface area contributed by atoms with Crippen molar-refractivity contribution in [1.82, 2.24) is 0 Å². The minimum Gasteiger partial charge on any atom is -0.376 e. The summed E-state index contributed by atoms with van der Waals surface area (Å²) >= 11 is 0. The SMILES string of the molecule is CCOC(C)C(OO)C(C)C(C)C(C)OO. The van der Waals surface area contributed by atoms with Crippen molar-refractivity contribution in [3.63, 3.8) is 0 Å². The maximum atomic E-state index is 8.91. The van der Waals surface area contributed by atoms with Crippen molar-refractivity contribution in [2.24, 2.45) is 11.8 Å². The molecule has 0 aromatic heterocycles. The first kappa shape index (κ1) is 15.8. The second-order valence-electron chi connectivity index (χ2n) is 4.26. The molecule has 0 saturated heterocycles. The molecule has 5 heteroatoms. The van der Waals surface area contributed by atoms with Gasteiger partial charge >= 0.3 is 0 Å². The highest BCUT2D eigenvalue weighted by Gasteiger charge is 2.32. The van der Waals surface area contributed by atoms with Gasteiger partial charge in [-0.25, -0.2) is 9.78 Å². The summed E-state index contributed by atoms with van der Waals surface area (Å²) < 4.78 is 5.39. The van der Waals surface area contributed by atoms with E-state index < -0.39 is 6.10 Å². The van der Waals surface area contributed by atoms with Crippen LogP contribution in [-0.2, 0) is 14.5 Å². The highest BCUT2D eigenvalue weighted by molar-refractivity contribution is 4.78. The molecule has 16 heavy (non-hydrogen) atoms. The van der Waals surface area contributed by atoms with E-state index in [1.165, 1.54) is 0 Å². The van der Waals surface area contributed by atoms with Gasteiger partial charge in [0.25, 0.3) is 0 Å². The van der Waals surface area contributed by atoms with Crippen molar-refractivity contribution in [3.05, 3.63) is 0 Å². The fourth-order valence-electron chi connectivity index (χ4n) is 1.79. The number of hydrogen-bond acceptors (Lipinski definition) is 5. The minimum atomic E-state index is -0.437. The van der Waals surface area contributed by atoms with Crippen molar-refractivity contribution in [3.8, 4) is 0 Å². The Balaban J connectivity index is 4.44. The molecule has 0 aliphatic rings. The maximum absolute atomic E-state index is 8.91. The van der Waals surface area contributed by atoms with Gasteiger partial charge in [0, 0.05) is 6.61 Å². The highest BCUT2D eigenvalue weighted by atomic mass is 17.1. The van der Waals surface area contributed by atoms with Crippen LogP contribution in [0.1, 0.15) is 34.6 Å². The molecule has 0 fully saturated rings. The van der Waals surface area contributed by atoms with Crippen LogP contribution in [0.5, 0.6) is 0 Å². The summed E-state index contributed by atoms with van der Waals surface area (Å²) in [5.74, 6) is 0.0266. The Morgan fingerprint density at radius 3 is 1.81 bits per heavy atom. The van der Waals surface area contributed by atoms with Crippen molar-refractivity contribution < 1.29 is 25.0 Å². The lowest BCUT2D eigenvalue weighted by atomic mass is 9.85. The van der Waals surface area contributed by atoms with Gasteiger partial charge in [-0.05, 0) is 32.6 Å². The molecule has 5 unspecified atom stereocenters. The van der Waals surface area contributed by atoms with Gasteiger partial charge < -0.3 is 4.74 Å². The van der Waals surface area contributed by atoms with Crippen LogP contribution in [-0.4, -0.2) is 35.4 Å². The molecule has 98 valence electrons. The molecule has 0 saturated carbocycles. The molecule has 0 heterocycles. The van der Waals surface area contributed by atoms with E-state index in [-0.39, 0.29) is 24.0 Å². The van der Waals surface area contributed by atoms with E-state index in [9.17, 15) is 0 Å². The molecule has 0 aliphatic carbocycles. The first-order valence-electron chi connectivity index (χ1n) is 5.71. The predicted molar refractivity (Wildman–Crippen MR) is 60.1 cm³/mol. The van der Waals surface area contributed by atoms with Crippen LogP contribution in [0.15, 0.2) is 0 Å². The molecule has 2 N–H and O–H groups in total. The molecule has 0 aromatic carbocycles. The van der Waals surface area contributed by atoms with Gasteiger partial charge in [-0.1, -0.05) is 13.8 Å². The minimum absolute atomic E-state index is 0.00583. The van der Waals surface area contributed by atoms with Gasteiger partial charge in [-0.2, -0.15) is 0 Å². The largest absolute Gasteiger partial charge is 0.376 e. The third-order valence-corrected chi connectivity index (χ3v) is 3.27. The van der Waals surface area contributed by atoms with Crippen molar-refractivity contribution in [2.45, 2.75) is 52.9 Å². The summed E-state index contributed by atoms with van der Waals surface area (Å²) in [6, 6.07) is 0. The molecule has 0 spiro atoms. The van der Waals surface area contributed by atoms with Crippen molar-refractivity contribution >= 4 is 0 Å². The lowest BCUT2D eigenvalue weighted by Crippen LogP contribution is -2.40. The smallest absolute Gasteiger partial charge is 0.121 e. The average Bonchev–Trinajstić information content (AvgIpc) is 2.28. The van der Waals surface area contributed by atoms with Gasteiger partial charge in [0.15, 0.2) is 0 Å². The van der Waals surface area contributed by atoms with Crippen LogP contribution < -0.4 is 0 Å². The third-order valence-electron chi connectivity index (χ3n) is 3.27. The maximum Gasteiger partial charge on any atom is 0.121 e. The van der Waals surface area contributed by atoms with Crippen LogP contribution in [0, 0.1) is 11.8 Å². The lowest BCUT2D eigenvalue weighted by Gasteiger charge is -2.32. The van der Waals surface area contributed by atoms with Gasteiger partial charge in [0.05, 0.1) is 12.2 Å². The summed E-state index contributed by atoms with van der Waals surface area (Å²) in [5.41, 5.74) is 0. The van der Waals surface area contributed by atoms with E-state index in [4.69, 9.17) is 15.3 Å². The Morgan fingerprint density at radius 1 is 0.875 bits per heavy atom. The molecule has 5 atom stereocenters. The molecule has 0 radical (unpaired) electrons. The van der Waals surface area contributed by atoms with E-state index in [0.29, 0.717) is 6.61 Å². The molecular formula is C11H24O5. The van der Waals surface area contributed by atoms with Gasteiger partial charge in [0.1, 0.15) is 6.10 Å². The van der Waals surface area contributed by atoms with E-state index in [1.807, 2.05) is 27.7 Å². The zero-order chi connectivity index (χ0) is 12.7. The standard InChI is InChI=1S/C11H24O5/c1-6-14-10(5)11(16-13)8(3)7(2)9(4)15-12/h7-13H,6H2,1-5H3. The normalized spacial score (nSPS) is 21.2. The zero-order valence-electron chi connectivity index (χ0n) is 10.7. The lowest BCUT2D eigenvalue weighted by molar-refractivity contribution is -0.324. The summed E-state index contributed by atoms with van der Waals surface area (Å²) in [7, 11) is 0. The summed E-state index contributed by atoms with van der Waals surface area (Å²) in [4.78, 5) is 8.77. The molecule has 0 rings (SSSR count). The van der Waals surface area contributed by atoms with Crippen LogP contribution in [0.3, 0.4) is 0 Å². The summed E-state index contributed by atoms with van der Waals surface area (Å²) in [6.45, 7) is 9.92. The Hall–Kier alpha value is -0.200. The molecule has 5 nitrogen and oxygen atoms in total. The Bertz CT molecular complexity index is 176. The van der Waals surface area contributed by atoms with Gasteiger partial charge in [-0.15, -0.1) is 0 Å². The second-order valence-corrected chi connectivity index (χ2v) is 4.26. The number of rotatable bonds is 8. The zero-order valence-corrected chi connectivity index (χ0v) is 10.7. The van der Waals surface area contributed by atoms with E-state index in [0.717, 1.165) is 0 Å². The Labute approximate surface area is 97.2 Å². The van der Waals surface area contributed by atoms with Gasteiger partial charge in [0.2, 0.25) is 0 Å². The van der Waals surface area contributed by atoms with E-state index in [2.05, 4.69) is 9.78 Å². The van der Waals surface area contributed by atoms with E-state index in [1.54, 1.807) is 6.92 Å². The predicted octanol–water partition coefficient (Wildman–Crippen LogP) is 2.42. The molecule has 0 bridgehead atoms. The highest BCUT2D eigenvalue weighted by Crippen LogP contribution is 2.25. The molecular weight excluding hydrogens is 212 g/mol. The van der Waals surface area contributed by atoms with Crippen molar-refractivity contribution in [2.75, 3.05) is 6.61 Å². The molecule has 0 aliphatic heterocycles. The van der Waals surface area contributed by atoms with Crippen LogP contribution in [0.4, 0.5) is 0 Å². The fourth-order valence-corrected chi connectivity index (χ4v) is 1.79. The average molecular weight is 236 g/mol. The van der Waals surface area contributed by atoms with Crippen LogP contribution in [0.2, 0.25) is 0 Å². The third kappa shape index (κ3) is 4.35. The Kier molecular flexibility index (Phi) is 7.87. The summed E-state index contributed by atoms with van der Waals surface area (Å²) in [6.07, 6.45) is -0.965. The van der Waals surface area contributed by atoms with Crippen LogP contribution >= 0.6 is 0 Å². The fraction of sp³-hybridized carbons (Fsp3) is 1.00. The van der Waals surface area contributed by atoms with Crippen molar-refractivity contribution in [1.29, 1.82) is 0 Å². The number of ether oxygens (including phenoxy) is 1. The first-order chi connectivity index (χ1) is 7.49. The molecule has 0 amide bonds. The van der Waals surface area contributed by atoms with E-state index >= 15 is 0 Å². The molecule has 0 aromatic rings.